The van der Waals surface area contributed by atoms with Crippen LogP contribution in [0, 0.1) is 0 Å². The average molecular weight is 339 g/mol. The maximum Gasteiger partial charge on any atom is 0.387 e. The summed E-state index contributed by atoms with van der Waals surface area (Å²) >= 11 is 0. The molecule has 2 aromatic rings. The van der Waals surface area contributed by atoms with Crippen molar-refractivity contribution in [1.82, 2.24) is 9.78 Å². The molecule has 2 N–H and O–H groups in total. The largest absolute Gasteiger partial charge is 0.480 e. The fourth-order valence-corrected chi connectivity index (χ4v) is 1.96. The van der Waals surface area contributed by atoms with Crippen LogP contribution in [-0.4, -0.2) is 33.4 Å². The standard InChI is InChI=1S/C15H15F2N3O4/c16-15(17)24-11-4-1-10(2-5-11)3-6-13(21)18-12-7-8-20(19-12)9-14(22)23/h1-2,4-5,7-8,15H,3,6,9H2,(H,22,23)(H,18,19,21). The summed E-state index contributed by atoms with van der Waals surface area (Å²) in [5.74, 6) is -0.997. The Morgan fingerprint density at radius 1 is 1.25 bits per heavy atom. The maximum absolute atomic E-state index is 12.0. The van der Waals surface area contributed by atoms with Crippen molar-refractivity contribution >= 4 is 17.7 Å². The second-order valence-electron chi connectivity index (χ2n) is 4.86. The third-order valence-electron chi connectivity index (χ3n) is 2.99. The number of carbonyl (C=O) groups is 2. The Kier molecular flexibility index (Phi) is 5.83. The number of hydrogen-bond donors (Lipinski definition) is 2. The molecular weight excluding hydrogens is 324 g/mol. The van der Waals surface area contributed by atoms with Gasteiger partial charge in [-0.05, 0) is 24.1 Å². The monoisotopic (exact) mass is 339 g/mol. The predicted octanol–water partition coefficient (Wildman–Crippen LogP) is 2.14. The lowest BCUT2D eigenvalue weighted by molar-refractivity contribution is -0.137. The van der Waals surface area contributed by atoms with Gasteiger partial charge < -0.3 is 15.2 Å². The number of carboxylic acids is 1. The van der Waals surface area contributed by atoms with Crippen molar-refractivity contribution in [3.05, 3.63) is 42.1 Å². The number of carbonyl (C=O) groups excluding carboxylic acids is 1. The van der Waals surface area contributed by atoms with E-state index in [-0.39, 0.29) is 30.4 Å². The van der Waals surface area contributed by atoms with Gasteiger partial charge in [0.1, 0.15) is 12.3 Å². The zero-order valence-electron chi connectivity index (χ0n) is 12.5. The molecule has 0 aliphatic carbocycles. The first-order valence-corrected chi connectivity index (χ1v) is 7.01. The van der Waals surface area contributed by atoms with Crippen LogP contribution >= 0.6 is 0 Å². The summed E-state index contributed by atoms with van der Waals surface area (Å²) in [4.78, 5) is 22.4. The van der Waals surface area contributed by atoms with Gasteiger partial charge in [0.15, 0.2) is 5.82 Å². The number of aromatic nitrogens is 2. The Morgan fingerprint density at radius 3 is 2.58 bits per heavy atom. The van der Waals surface area contributed by atoms with Crippen molar-refractivity contribution in [2.45, 2.75) is 26.0 Å². The highest BCUT2D eigenvalue weighted by molar-refractivity contribution is 5.89. The molecule has 0 aliphatic heterocycles. The summed E-state index contributed by atoms with van der Waals surface area (Å²) in [5.41, 5.74) is 0.795. The van der Waals surface area contributed by atoms with Crippen molar-refractivity contribution in [3.63, 3.8) is 0 Å². The lowest BCUT2D eigenvalue weighted by atomic mass is 10.1. The van der Waals surface area contributed by atoms with E-state index < -0.39 is 12.6 Å². The van der Waals surface area contributed by atoms with Crippen LogP contribution in [0.5, 0.6) is 5.75 Å². The van der Waals surface area contributed by atoms with Gasteiger partial charge in [0.25, 0.3) is 0 Å². The van der Waals surface area contributed by atoms with E-state index in [1.807, 2.05) is 0 Å². The molecule has 24 heavy (non-hydrogen) atoms. The second kappa shape index (κ2) is 8.04. The third-order valence-corrected chi connectivity index (χ3v) is 2.99. The number of amides is 1. The number of nitrogens with zero attached hydrogens (tertiary/aromatic N) is 2. The molecule has 0 aliphatic rings. The number of benzene rings is 1. The zero-order chi connectivity index (χ0) is 17.5. The van der Waals surface area contributed by atoms with Gasteiger partial charge in [-0.3, -0.25) is 14.3 Å². The predicted molar refractivity (Wildman–Crippen MR) is 79.9 cm³/mol. The number of hydrogen-bond acceptors (Lipinski definition) is 4. The van der Waals surface area contributed by atoms with Crippen molar-refractivity contribution in [2.75, 3.05) is 5.32 Å². The van der Waals surface area contributed by atoms with Crippen LogP contribution in [0.15, 0.2) is 36.5 Å². The van der Waals surface area contributed by atoms with Crippen LogP contribution in [0.1, 0.15) is 12.0 Å². The smallest absolute Gasteiger partial charge is 0.387 e. The minimum Gasteiger partial charge on any atom is -0.480 e. The van der Waals surface area contributed by atoms with Crippen molar-refractivity contribution in [1.29, 1.82) is 0 Å². The van der Waals surface area contributed by atoms with Crippen LogP contribution in [-0.2, 0) is 22.6 Å². The molecule has 0 fully saturated rings. The number of halogens is 2. The van der Waals surface area contributed by atoms with Crippen LogP contribution < -0.4 is 10.1 Å². The molecule has 2 rings (SSSR count). The van der Waals surface area contributed by atoms with Gasteiger partial charge in [-0.1, -0.05) is 12.1 Å². The maximum atomic E-state index is 12.0. The molecule has 0 saturated heterocycles. The molecule has 0 atom stereocenters. The first-order valence-electron chi connectivity index (χ1n) is 7.01. The topological polar surface area (TPSA) is 93.5 Å². The van der Waals surface area contributed by atoms with E-state index in [0.29, 0.717) is 6.42 Å². The molecule has 1 aromatic carbocycles. The number of ether oxygens (including phenoxy) is 1. The highest BCUT2D eigenvalue weighted by atomic mass is 19.3. The molecular formula is C15H15F2N3O4. The van der Waals surface area contributed by atoms with Crippen LogP contribution in [0.3, 0.4) is 0 Å². The molecule has 0 bridgehead atoms. The Bertz CT molecular complexity index is 701. The van der Waals surface area contributed by atoms with Gasteiger partial charge in [-0.2, -0.15) is 13.9 Å². The first-order chi connectivity index (χ1) is 11.4. The molecule has 0 unspecified atom stereocenters. The normalized spacial score (nSPS) is 10.6. The highest BCUT2D eigenvalue weighted by Crippen LogP contribution is 2.16. The van der Waals surface area contributed by atoms with Gasteiger partial charge in [-0.25, -0.2) is 0 Å². The van der Waals surface area contributed by atoms with E-state index in [9.17, 15) is 18.4 Å². The van der Waals surface area contributed by atoms with Crippen molar-refractivity contribution in [2.24, 2.45) is 0 Å². The Morgan fingerprint density at radius 2 is 1.96 bits per heavy atom. The zero-order valence-corrected chi connectivity index (χ0v) is 12.5. The minimum atomic E-state index is -2.87. The van der Waals surface area contributed by atoms with Crippen molar-refractivity contribution < 1.29 is 28.2 Å². The van der Waals surface area contributed by atoms with Crippen LogP contribution in [0.25, 0.3) is 0 Å². The van der Waals surface area contributed by atoms with Gasteiger partial charge in [0.2, 0.25) is 5.91 Å². The third kappa shape index (κ3) is 5.67. The number of aryl methyl sites for hydroxylation is 1. The summed E-state index contributed by atoms with van der Waals surface area (Å²) in [7, 11) is 0. The number of carboxylic acid groups (broad SMARTS) is 1. The molecule has 1 heterocycles. The van der Waals surface area contributed by atoms with Gasteiger partial charge in [-0.15, -0.1) is 0 Å². The molecule has 1 aromatic heterocycles. The number of anilines is 1. The summed E-state index contributed by atoms with van der Waals surface area (Å²) in [6.07, 6.45) is 2.03. The van der Waals surface area contributed by atoms with Crippen LogP contribution in [0.4, 0.5) is 14.6 Å². The molecule has 0 radical (unpaired) electrons. The molecule has 9 heteroatoms. The van der Waals surface area contributed by atoms with Gasteiger partial charge >= 0.3 is 12.6 Å². The first kappa shape index (κ1) is 17.4. The molecule has 1 amide bonds. The molecule has 0 saturated carbocycles. The van der Waals surface area contributed by atoms with E-state index in [4.69, 9.17) is 5.11 Å². The Labute approximate surface area is 135 Å². The fraction of sp³-hybridized carbons (Fsp3) is 0.267. The SMILES string of the molecule is O=C(O)Cn1ccc(NC(=O)CCc2ccc(OC(F)F)cc2)n1. The summed E-state index contributed by atoms with van der Waals surface area (Å²) in [6, 6.07) is 7.52. The average Bonchev–Trinajstić information content (AvgIpc) is 2.92. The summed E-state index contributed by atoms with van der Waals surface area (Å²) < 4.78 is 29.5. The van der Waals surface area contributed by atoms with E-state index >= 15 is 0 Å². The van der Waals surface area contributed by atoms with Gasteiger partial charge in [0, 0.05) is 18.7 Å². The quantitative estimate of drug-likeness (QED) is 0.768. The highest BCUT2D eigenvalue weighted by Gasteiger charge is 2.08. The molecule has 0 spiro atoms. The van der Waals surface area contributed by atoms with Gasteiger partial charge in [0.05, 0.1) is 0 Å². The lowest BCUT2D eigenvalue weighted by Crippen LogP contribution is -2.14. The number of nitrogens with one attached hydrogen (secondary N) is 1. The van der Waals surface area contributed by atoms with E-state index in [0.717, 1.165) is 5.56 Å². The Hall–Kier alpha value is -2.97. The van der Waals surface area contributed by atoms with E-state index in [1.54, 1.807) is 12.1 Å². The molecule has 128 valence electrons. The molecule has 7 nitrogen and oxygen atoms in total. The van der Waals surface area contributed by atoms with Crippen molar-refractivity contribution in [3.8, 4) is 5.75 Å². The fourth-order valence-electron chi connectivity index (χ4n) is 1.96. The number of rotatable bonds is 8. The van der Waals surface area contributed by atoms with E-state index in [2.05, 4.69) is 15.2 Å². The van der Waals surface area contributed by atoms with Crippen LogP contribution in [0.2, 0.25) is 0 Å². The lowest BCUT2D eigenvalue weighted by Gasteiger charge is -2.06. The second-order valence-corrected chi connectivity index (χ2v) is 4.86. The summed E-state index contributed by atoms with van der Waals surface area (Å²) in [6.45, 7) is -3.16. The van der Waals surface area contributed by atoms with E-state index in [1.165, 1.54) is 29.1 Å². The minimum absolute atomic E-state index is 0.0576. The number of alkyl halides is 2. The number of aliphatic carboxylic acids is 1. The summed E-state index contributed by atoms with van der Waals surface area (Å²) in [5, 5.41) is 15.1. The Balaban J connectivity index is 1.80.